The van der Waals surface area contributed by atoms with Crippen molar-refractivity contribution in [3.63, 3.8) is 0 Å². The molecule has 0 saturated carbocycles. The number of ether oxygens (including phenoxy) is 1. The van der Waals surface area contributed by atoms with Crippen molar-refractivity contribution in [3.05, 3.63) is 17.0 Å². The molecule has 0 radical (unpaired) electrons. The minimum Gasteiger partial charge on any atom is -0.378 e. The minimum absolute atomic E-state index is 0.165. The Balaban J connectivity index is 1.90. The monoisotopic (exact) mass is 318 g/mol. The Morgan fingerprint density at radius 3 is 2.65 bits per heavy atom. The van der Waals surface area contributed by atoms with E-state index in [1.165, 1.54) is 11.3 Å². The van der Waals surface area contributed by atoms with Crippen molar-refractivity contribution < 1.29 is 13.2 Å². The smallest absolute Gasteiger partial charge is 0.252 e. The lowest BCUT2D eigenvalue weighted by Crippen LogP contribution is -2.40. The van der Waals surface area contributed by atoms with Crippen LogP contribution in [0.4, 0.5) is 0 Å². The van der Waals surface area contributed by atoms with Crippen molar-refractivity contribution in [2.45, 2.75) is 36.5 Å². The van der Waals surface area contributed by atoms with Crippen LogP contribution in [-0.4, -0.2) is 45.1 Å². The molecular weight excluding hydrogens is 296 g/mol. The van der Waals surface area contributed by atoms with Crippen LogP contribution in [0.1, 0.15) is 24.1 Å². The SMILES string of the molecule is Cc1ccc(S(=O)(=O)N2CCC(OCCCN)CC2)s1. The summed E-state index contributed by atoms with van der Waals surface area (Å²) in [5.74, 6) is 0. The van der Waals surface area contributed by atoms with Crippen LogP contribution in [0.3, 0.4) is 0 Å². The second-order valence-electron chi connectivity index (χ2n) is 4.98. The molecule has 1 aliphatic heterocycles. The summed E-state index contributed by atoms with van der Waals surface area (Å²) in [5, 5.41) is 0. The third kappa shape index (κ3) is 3.79. The maximum Gasteiger partial charge on any atom is 0.252 e. The topological polar surface area (TPSA) is 72.6 Å². The molecule has 1 aliphatic rings. The van der Waals surface area contributed by atoms with E-state index >= 15 is 0 Å². The zero-order valence-corrected chi connectivity index (χ0v) is 13.4. The Labute approximate surface area is 124 Å². The third-order valence-corrected chi connectivity index (χ3v) is 6.78. The van der Waals surface area contributed by atoms with Crippen LogP contribution in [0.15, 0.2) is 16.3 Å². The van der Waals surface area contributed by atoms with Crippen LogP contribution >= 0.6 is 11.3 Å². The number of aryl methyl sites for hydroxylation is 1. The molecule has 7 heteroatoms. The first-order valence-electron chi connectivity index (χ1n) is 6.92. The van der Waals surface area contributed by atoms with E-state index < -0.39 is 10.0 Å². The second kappa shape index (κ2) is 7.00. The van der Waals surface area contributed by atoms with Gasteiger partial charge in [0.1, 0.15) is 4.21 Å². The van der Waals surface area contributed by atoms with Gasteiger partial charge in [-0.25, -0.2) is 8.42 Å². The molecule has 0 aliphatic carbocycles. The minimum atomic E-state index is -3.31. The Morgan fingerprint density at radius 1 is 1.40 bits per heavy atom. The van der Waals surface area contributed by atoms with Gasteiger partial charge < -0.3 is 10.5 Å². The molecule has 2 N–H and O–H groups in total. The Bertz CT molecular complexity index is 519. The first-order valence-corrected chi connectivity index (χ1v) is 9.18. The predicted octanol–water partition coefficient (Wildman–Crippen LogP) is 1.58. The summed E-state index contributed by atoms with van der Waals surface area (Å²) in [6, 6.07) is 3.54. The van der Waals surface area contributed by atoms with Gasteiger partial charge in [-0.3, -0.25) is 0 Å². The van der Waals surface area contributed by atoms with Crippen LogP contribution in [0.5, 0.6) is 0 Å². The van der Waals surface area contributed by atoms with Gasteiger partial charge in [0.15, 0.2) is 0 Å². The Kier molecular flexibility index (Phi) is 5.57. The summed E-state index contributed by atoms with van der Waals surface area (Å²) in [5.41, 5.74) is 5.42. The number of nitrogens with zero attached hydrogens (tertiary/aromatic N) is 1. The van der Waals surface area contributed by atoms with Crippen LogP contribution in [0, 0.1) is 6.92 Å². The molecule has 0 atom stereocenters. The largest absolute Gasteiger partial charge is 0.378 e. The zero-order valence-electron chi connectivity index (χ0n) is 11.7. The van der Waals surface area contributed by atoms with Gasteiger partial charge in [0.05, 0.1) is 6.10 Å². The molecule has 0 amide bonds. The molecule has 0 aromatic carbocycles. The molecule has 0 bridgehead atoms. The van der Waals surface area contributed by atoms with Crippen molar-refractivity contribution in [3.8, 4) is 0 Å². The fourth-order valence-electron chi connectivity index (χ4n) is 2.25. The molecule has 1 saturated heterocycles. The van der Waals surface area contributed by atoms with E-state index in [0.717, 1.165) is 24.1 Å². The lowest BCUT2D eigenvalue weighted by molar-refractivity contribution is 0.0209. The summed E-state index contributed by atoms with van der Waals surface area (Å²) >= 11 is 1.33. The predicted molar refractivity (Wildman–Crippen MR) is 80.5 cm³/mol. The van der Waals surface area contributed by atoms with Gasteiger partial charge >= 0.3 is 0 Å². The van der Waals surface area contributed by atoms with Gasteiger partial charge in [0.2, 0.25) is 0 Å². The third-order valence-electron chi connectivity index (χ3n) is 3.41. The fourth-order valence-corrected chi connectivity index (χ4v) is 5.16. The van der Waals surface area contributed by atoms with Crippen molar-refractivity contribution in [1.82, 2.24) is 4.31 Å². The molecule has 2 heterocycles. The van der Waals surface area contributed by atoms with E-state index in [9.17, 15) is 8.42 Å². The van der Waals surface area contributed by atoms with Crippen molar-refractivity contribution in [2.24, 2.45) is 5.73 Å². The number of hydrogen-bond donors (Lipinski definition) is 1. The van der Waals surface area contributed by atoms with Crippen LogP contribution < -0.4 is 5.73 Å². The number of piperidine rings is 1. The highest BCUT2D eigenvalue weighted by molar-refractivity contribution is 7.91. The van der Waals surface area contributed by atoms with E-state index in [-0.39, 0.29) is 6.10 Å². The van der Waals surface area contributed by atoms with Crippen molar-refractivity contribution in [1.29, 1.82) is 0 Å². The van der Waals surface area contributed by atoms with Crippen LogP contribution in [0.2, 0.25) is 0 Å². The van der Waals surface area contributed by atoms with Gasteiger partial charge in [-0.1, -0.05) is 0 Å². The van der Waals surface area contributed by atoms with Crippen LogP contribution in [-0.2, 0) is 14.8 Å². The average molecular weight is 318 g/mol. The summed E-state index contributed by atoms with van der Waals surface area (Å²) in [4.78, 5) is 1.02. The molecule has 1 aromatic rings. The number of sulfonamides is 1. The molecule has 0 unspecified atom stereocenters. The Morgan fingerprint density at radius 2 is 2.10 bits per heavy atom. The van der Waals surface area contributed by atoms with E-state index in [4.69, 9.17) is 10.5 Å². The van der Waals surface area contributed by atoms with E-state index in [1.807, 2.05) is 13.0 Å². The highest BCUT2D eigenvalue weighted by atomic mass is 32.2. The van der Waals surface area contributed by atoms with Crippen molar-refractivity contribution in [2.75, 3.05) is 26.2 Å². The fraction of sp³-hybridized carbons (Fsp3) is 0.692. The maximum atomic E-state index is 12.4. The van der Waals surface area contributed by atoms with E-state index in [2.05, 4.69) is 0 Å². The molecular formula is C13H22N2O3S2. The highest BCUT2D eigenvalue weighted by Gasteiger charge is 2.30. The normalized spacial score (nSPS) is 18.5. The molecule has 1 fully saturated rings. The summed E-state index contributed by atoms with van der Waals surface area (Å²) in [7, 11) is -3.31. The van der Waals surface area contributed by atoms with E-state index in [0.29, 0.717) is 30.5 Å². The maximum absolute atomic E-state index is 12.4. The van der Waals surface area contributed by atoms with E-state index in [1.54, 1.807) is 10.4 Å². The average Bonchev–Trinajstić information content (AvgIpc) is 2.87. The zero-order chi connectivity index (χ0) is 14.6. The second-order valence-corrected chi connectivity index (χ2v) is 8.43. The quantitative estimate of drug-likeness (QED) is 0.808. The Hall–Kier alpha value is -0.470. The standard InChI is InChI=1S/C13H22N2O3S2/c1-11-3-4-13(19-11)20(16,17)15-8-5-12(6-9-15)18-10-2-7-14/h3-4,12H,2,5-10,14H2,1H3. The first kappa shape index (κ1) is 15.9. The summed E-state index contributed by atoms with van der Waals surface area (Å²) in [6.45, 7) is 4.28. The van der Waals surface area contributed by atoms with Gasteiger partial charge in [-0.05, 0) is 44.9 Å². The number of nitrogens with two attached hydrogens (primary N) is 1. The van der Waals surface area contributed by atoms with Crippen molar-refractivity contribution >= 4 is 21.4 Å². The molecule has 0 spiro atoms. The molecule has 2 rings (SSSR count). The van der Waals surface area contributed by atoms with Gasteiger partial charge in [-0.15, -0.1) is 11.3 Å². The molecule has 5 nitrogen and oxygen atoms in total. The number of thiophene rings is 1. The number of rotatable bonds is 6. The van der Waals surface area contributed by atoms with Gasteiger partial charge in [0.25, 0.3) is 10.0 Å². The first-order chi connectivity index (χ1) is 9.54. The summed E-state index contributed by atoms with van der Waals surface area (Å²) in [6.07, 6.45) is 2.54. The highest BCUT2D eigenvalue weighted by Crippen LogP contribution is 2.27. The molecule has 20 heavy (non-hydrogen) atoms. The van der Waals surface area contributed by atoms with Crippen LogP contribution in [0.25, 0.3) is 0 Å². The van der Waals surface area contributed by atoms with Gasteiger partial charge in [0, 0.05) is 24.6 Å². The molecule has 1 aromatic heterocycles. The lowest BCUT2D eigenvalue weighted by Gasteiger charge is -2.30. The summed E-state index contributed by atoms with van der Waals surface area (Å²) < 4.78 is 32.6. The van der Waals surface area contributed by atoms with Gasteiger partial charge in [-0.2, -0.15) is 4.31 Å². The molecule has 114 valence electrons. The lowest BCUT2D eigenvalue weighted by atomic mass is 10.1. The number of hydrogen-bond acceptors (Lipinski definition) is 5.